The summed E-state index contributed by atoms with van der Waals surface area (Å²) < 4.78 is 27.8. The number of carbonyl (C=O) groups is 1. The predicted octanol–water partition coefficient (Wildman–Crippen LogP) is 3.72. The number of nitrogens with zero attached hydrogens (tertiary/aromatic N) is 4. The van der Waals surface area contributed by atoms with Crippen molar-refractivity contribution < 1.29 is 13.2 Å². The molecule has 186 valence electrons. The van der Waals surface area contributed by atoms with Crippen LogP contribution < -0.4 is 15.6 Å². The van der Waals surface area contributed by atoms with Crippen molar-refractivity contribution in [3.8, 4) is 0 Å². The van der Waals surface area contributed by atoms with E-state index in [0.717, 1.165) is 5.56 Å². The van der Waals surface area contributed by atoms with E-state index in [9.17, 15) is 13.2 Å². The number of hydrogen-bond acceptors (Lipinski definition) is 8. The van der Waals surface area contributed by atoms with Gasteiger partial charge in [-0.05, 0) is 68.8 Å². The summed E-state index contributed by atoms with van der Waals surface area (Å²) in [6, 6.07) is 14.0. The molecule has 0 spiro atoms. The van der Waals surface area contributed by atoms with Crippen LogP contribution in [0.4, 0.5) is 11.6 Å². The first kappa shape index (κ1) is 25.3. The number of hydrazine groups is 1. The molecule has 0 bridgehead atoms. The number of anilines is 2. The number of nitrogens with one attached hydrogen (secondary N) is 3. The smallest absolute Gasteiger partial charge is 0.272 e. The van der Waals surface area contributed by atoms with Gasteiger partial charge < -0.3 is 5.43 Å². The maximum Gasteiger partial charge on any atom is 0.272 e. The summed E-state index contributed by atoms with van der Waals surface area (Å²) in [6.45, 7) is 9.22. The van der Waals surface area contributed by atoms with Crippen LogP contribution in [-0.4, -0.2) is 41.1 Å². The van der Waals surface area contributed by atoms with Gasteiger partial charge in [-0.2, -0.15) is 10.1 Å². The highest BCUT2D eigenvalue weighted by Gasteiger charge is 2.35. The highest BCUT2D eigenvalue weighted by Crippen LogP contribution is 2.24. The Hall–Kier alpha value is -3.80. The van der Waals surface area contributed by atoms with E-state index in [2.05, 4.69) is 37.2 Å². The van der Waals surface area contributed by atoms with Gasteiger partial charge in [-0.15, -0.1) is 0 Å². The molecule has 2 heterocycles. The fraction of sp³-hybridized carbons (Fsp3) is 0.167. The third-order valence-corrected chi connectivity index (χ3v) is 6.89. The fourth-order valence-corrected chi connectivity index (χ4v) is 4.58. The molecule has 10 nitrogen and oxygen atoms in total. The molecule has 3 aromatic rings. The second kappa shape index (κ2) is 10.1. The van der Waals surface area contributed by atoms with Gasteiger partial charge >= 0.3 is 0 Å². The Labute approximate surface area is 214 Å². The SMILES string of the molecule is C=C(c1ccc(Cl)cc1)N1N=C(C)C(NNc2ccc(S(=O)(=O)Nc3nc(C)cc(C)n3)cc2)C1=O. The number of sulfonamides is 1. The quantitative estimate of drug-likeness (QED) is 0.382. The maximum absolute atomic E-state index is 12.9. The zero-order chi connectivity index (χ0) is 26.0. The summed E-state index contributed by atoms with van der Waals surface area (Å²) in [5.41, 5.74) is 9.41. The number of hydrazone groups is 1. The van der Waals surface area contributed by atoms with E-state index in [1.807, 2.05) is 0 Å². The number of benzene rings is 2. The third-order valence-electron chi connectivity index (χ3n) is 5.30. The third kappa shape index (κ3) is 5.54. The van der Waals surface area contributed by atoms with Gasteiger partial charge in [0.25, 0.3) is 15.9 Å². The summed E-state index contributed by atoms with van der Waals surface area (Å²) in [5, 5.41) is 6.15. The minimum absolute atomic E-state index is 0.00983. The summed E-state index contributed by atoms with van der Waals surface area (Å²) in [7, 11) is -3.88. The highest BCUT2D eigenvalue weighted by molar-refractivity contribution is 7.92. The van der Waals surface area contributed by atoms with Crippen molar-refractivity contribution in [3.05, 3.63) is 83.2 Å². The topological polar surface area (TPSA) is 129 Å². The number of aryl methyl sites for hydroxylation is 2. The monoisotopic (exact) mass is 525 g/mol. The van der Waals surface area contributed by atoms with E-state index in [1.54, 1.807) is 63.2 Å². The van der Waals surface area contributed by atoms with E-state index < -0.39 is 16.1 Å². The number of hydrogen-bond donors (Lipinski definition) is 3. The molecule has 1 unspecified atom stereocenters. The van der Waals surface area contributed by atoms with Crippen LogP contribution in [0.3, 0.4) is 0 Å². The van der Waals surface area contributed by atoms with Crippen LogP contribution >= 0.6 is 11.6 Å². The Kier molecular flexibility index (Phi) is 7.07. The molecule has 0 aliphatic carbocycles. The molecule has 12 heteroatoms. The zero-order valence-electron chi connectivity index (χ0n) is 19.8. The Morgan fingerprint density at radius 3 is 2.22 bits per heavy atom. The fourth-order valence-electron chi connectivity index (χ4n) is 3.51. The van der Waals surface area contributed by atoms with Crippen LogP contribution in [0.5, 0.6) is 0 Å². The molecular formula is C24H24ClN7O3S. The van der Waals surface area contributed by atoms with Gasteiger partial charge in [-0.3, -0.25) is 4.79 Å². The van der Waals surface area contributed by atoms with Gasteiger partial charge in [0, 0.05) is 22.1 Å². The number of amides is 1. The van der Waals surface area contributed by atoms with E-state index in [4.69, 9.17) is 11.6 Å². The lowest BCUT2D eigenvalue weighted by molar-refractivity contribution is -0.127. The predicted molar refractivity (Wildman–Crippen MR) is 140 cm³/mol. The lowest BCUT2D eigenvalue weighted by Crippen LogP contribution is -2.45. The van der Waals surface area contributed by atoms with Crippen molar-refractivity contribution in [3.63, 3.8) is 0 Å². The first-order valence-corrected chi connectivity index (χ1v) is 12.7. The van der Waals surface area contributed by atoms with Gasteiger partial charge in [0.15, 0.2) is 0 Å². The van der Waals surface area contributed by atoms with Crippen molar-refractivity contribution in [2.45, 2.75) is 31.7 Å². The number of carbonyl (C=O) groups excluding carboxylic acids is 1. The molecule has 1 aliphatic rings. The van der Waals surface area contributed by atoms with Crippen molar-refractivity contribution >= 4 is 50.6 Å². The van der Waals surface area contributed by atoms with Crippen LogP contribution in [0.15, 0.2) is 71.2 Å². The minimum Gasteiger partial charge on any atom is -0.320 e. The van der Waals surface area contributed by atoms with Gasteiger partial charge in [-0.25, -0.2) is 28.5 Å². The maximum atomic E-state index is 12.9. The second-order valence-corrected chi connectivity index (χ2v) is 10.3. The average Bonchev–Trinajstić information content (AvgIpc) is 3.10. The lowest BCUT2D eigenvalue weighted by Gasteiger charge is -2.18. The van der Waals surface area contributed by atoms with Gasteiger partial charge in [0.1, 0.15) is 6.04 Å². The van der Waals surface area contributed by atoms with Crippen LogP contribution in [0.2, 0.25) is 5.02 Å². The standard InChI is InChI=1S/C24H24ClN7O3S/c1-14-13-15(2)27-24(26-14)31-36(34,35)21-11-9-20(10-12-21)28-29-22-16(3)30-32(23(22)33)17(4)18-5-7-19(25)8-6-18/h5-13,22,28-29H,4H2,1-3H3,(H,26,27,31). The molecule has 2 aromatic carbocycles. The van der Waals surface area contributed by atoms with Gasteiger partial charge in [0.2, 0.25) is 5.95 Å². The molecule has 0 saturated carbocycles. The molecule has 0 saturated heterocycles. The zero-order valence-corrected chi connectivity index (χ0v) is 21.4. The largest absolute Gasteiger partial charge is 0.320 e. The molecule has 3 N–H and O–H groups in total. The van der Waals surface area contributed by atoms with Crippen molar-refractivity contribution in [2.24, 2.45) is 5.10 Å². The first-order chi connectivity index (χ1) is 17.0. The number of rotatable bonds is 8. The molecule has 4 rings (SSSR count). The molecule has 0 radical (unpaired) electrons. The molecule has 0 fully saturated rings. The second-order valence-electron chi connectivity index (χ2n) is 8.15. The number of aromatic nitrogens is 2. The lowest BCUT2D eigenvalue weighted by atomic mass is 10.1. The average molecular weight is 526 g/mol. The van der Waals surface area contributed by atoms with Crippen LogP contribution in [0.1, 0.15) is 23.9 Å². The van der Waals surface area contributed by atoms with Crippen molar-refractivity contribution in [1.29, 1.82) is 0 Å². The summed E-state index contributed by atoms with van der Waals surface area (Å²) >= 11 is 5.93. The van der Waals surface area contributed by atoms with Gasteiger partial charge in [0.05, 0.1) is 16.3 Å². The molecule has 1 aliphatic heterocycles. The first-order valence-electron chi connectivity index (χ1n) is 10.8. The molecule has 1 aromatic heterocycles. The Morgan fingerprint density at radius 1 is 1.00 bits per heavy atom. The Bertz CT molecular complexity index is 1440. The molecule has 1 atom stereocenters. The van der Waals surface area contributed by atoms with Crippen LogP contribution in [0.25, 0.3) is 5.70 Å². The van der Waals surface area contributed by atoms with E-state index in [1.165, 1.54) is 17.1 Å². The Morgan fingerprint density at radius 2 is 1.61 bits per heavy atom. The summed E-state index contributed by atoms with van der Waals surface area (Å²) in [6.07, 6.45) is 0. The van der Waals surface area contributed by atoms with Crippen molar-refractivity contribution in [2.75, 3.05) is 10.1 Å². The normalized spacial score (nSPS) is 15.6. The molecule has 36 heavy (non-hydrogen) atoms. The summed E-state index contributed by atoms with van der Waals surface area (Å²) in [5.74, 6) is -0.299. The highest BCUT2D eigenvalue weighted by atomic mass is 35.5. The van der Waals surface area contributed by atoms with Crippen LogP contribution in [-0.2, 0) is 14.8 Å². The van der Waals surface area contributed by atoms with E-state index in [-0.39, 0.29) is 16.8 Å². The van der Waals surface area contributed by atoms with Gasteiger partial charge in [-0.1, -0.05) is 30.3 Å². The Balaban J connectivity index is 1.39. The summed E-state index contributed by atoms with van der Waals surface area (Å²) in [4.78, 5) is 21.2. The number of halogens is 1. The minimum atomic E-state index is -3.88. The molecular weight excluding hydrogens is 502 g/mol. The molecule has 1 amide bonds. The van der Waals surface area contributed by atoms with E-state index in [0.29, 0.717) is 33.5 Å². The van der Waals surface area contributed by atoms with E-state index >= 15 is 0 Å². The van der Waals surface area contributed by atoms with Crippen LogP contribution in [0, 0.1) is 13.8 Å². The van der Waals surface area contributed by atoms with Crippen molar-refractivity contribution in [1.82, 2.24) is 20.4 Å².